The first kappa shape index (κ1) is 11.4. The normalized spacial score (nSPS) is 19.9. The first-order chi connectivity index (χ1) is 8.31. The zero-order chi connectivity index (χ0) is 11.7. The molecule has 1 aliphatic rings. The number of hydrogen-bond acceptors (Lipinski definition) is 5. The van der Waals surface area contributed by atoms with Gasteiger partial charge in [-0.05, 0) is 53.5 Å². The highest BCUT2D eigenvalue weighted by atomic mass is 79.9. The molecule has 1 atom stereocenters. The third-order valence-electron chi connectivity index (χ3n) is 2.89. The van der Waals surface area contributed by atoms with Crippen LogP contribution in [-0.2, 0) is 6.42 Å². The average molecular weight is 314 g/mol. The predicted octanol–water partition coefficient (Wildman–Crippen LogP) is 2.71. The summed E-state index contributed by atoms with van der Waals surface area (Å²) in [5.74, 6) is 2.08. The van der Waals surface area contributed by atoms with E-state index in [0.717, 1.165) is 34.1 Å². The molecule has 1 aliphatic heterocycles. The minimum Gasteiger partial charge on any atom is -0.339 e. The van der Waals surface area contributed by atoms with Gasteiger partial charge in [-0.3, -0.25) is 0 Å². The number of aromatic nitrogens is 2. The van der Waals surface area contributed by atoms with E-state index in [1.165, 1.54) is 6.42 Å². The second-order valence-corrected chi connectivity index (χ2v) is 6.64. The van der Waals surface area contributed by atoms with Crippen molar-refractivity contribution in [2.24, 2.45) is 5.92 Å². The second-order valence-electron chi connectivity index (χ2n) is 4.18. The van der Waals surface area contributed by atoms with E-state index in [1.807, 2.05) is 12.1 Å². The average Bonchev–Trinajstić information content (AvgIpc) is 2.99. The van der Waals surface area contributed by atoms with Crippen LogP contribution in [0.3, 0.4) is 0 Å². The molecule has 0 spiro atoms. The monoisotopic (exact) mass is 313 g/mol. The maximum Gasteiger partial charge on any atom is 0.227 e. The van der Waals surface area contributed by atoms with Gasteiger partial charge in [-0.15, -0.1) is 11.3 Å². The fourth-order valence-corrected chi connectivity index (χ4v) is 3.32. The number of hydrogen-bond donors (Lipinski definition) is 1. The van der Waals surface area contributed by atoms with Gasteiger partial charge in [0.1, 0.15) is 0 Å². The first-order valence-corrected chi connectivity index (χ1v) is 7.21. The molecule has 2 aromatic heterocycles. The summed E-state index contributed by atoms with van der Waals surface area (Å²) in [6.07, 6.45) is 2.08. The molecule has 0 radical (unpaired) electrons. The molecule has 0 amide bonds. The second kappa shape index (κ2) is 4.88. The lowest BCUT2D eigenvalue weighted by molar-refractivity contribution is 0.358. The van der Waals surface area contributed by atoms with E-state index in [2.05, 4.69) is 31.4 Å². The first-order valence-electron chi connectivity index (χ1n) is 5.60. The van der Waals surface area contributed by atoms with Gasteiger partial charge in [-0.25, -0.2) is 0 Å². The Labute approximate surface area is 112 Å². The summed E-state index contributed by atoms with van der Waals surface area (Å²) in [6, 6.07) is 4.00. The van der Waals surface area contributed by atoms with Crippen molar-refractivity contribution >= 4 is 27.3 Å². The fourth-order valence-electron chi connectivity index (χ4n) is 2.01. The summed E-state index contributed by atoms with van der Waals surface area (Å²) in [6.45, 7) is 2.16. The maximum atomic E-state index is 5.29. The van der Waals surface area contributed by atoms with Crippen LogP contribution in [0.25, 0.3) is 10.7 Å². The fraction of sp³-hybridized carbons (Fsp3) is 0.455. The zero-order valence-electron chi connectivity index (χ0n) is 9.15. The van der Waals surface area contributed by atoms with Gasteiger partial charge in [0.25, 0.3) is 0 Å². The lowest BCUT2D eigenvalue weighted by Crippen LogP contribution is -2.10. The third-order valence-corrected chi connectivity index (χ3v) is 4.51. The van der Waals surface area contributed by atoms with Crippen LogP contribution in [0.1, 0.15) is 12.3 Å². The lowest BCUT2D eigenvalue weighted by Gasteiger charge is -2.01. The van der Waals surface area contributed by atoms with E-state index in [9.17, 15) is 0 Å². The minimum absolute atomic E-state index is 0.637. The standard InChI is InChI=1S/C11H12BrN3OS/c12-9-2-1-8(17-9)11-14-10(16-15-11)5-7-3-4-13-6-7/h1-2,7,13H,3-6H2. The van der Waals surface area contributed by atoms with Crippen LogP contribution in [0.2, 0.25) is 0 Å². The molecule has 3 rings (SSSR count). The Kier molecular flexibility index (Phi) is 3.26. The van der Waals surface area contributed by atoms with Gasteiger partial charge in [0.15, 0.2) is 0 Å². The Bertz CT molecular complexity index is 504. The summed E-state index contributed by atoms with van der Waals surface area (Å²) >= 11 is 5.05. The summed E-state index contributed by atoms with van der Waals surface area (Å²) in [5.41, 5.74) is 0. The number of nitrogens with one attached hydrogen (secondary N) is 1. The van der Waals surface area contributed by atoms with Gasteiger partial charge < -0.3 is 9.84 Å². The molecular weight excluding hydrogens is 302 g/mol. The van der Waals surface area contributed by atoms with Crippen LogP contribution < -0.4 is 5.32 Å². The molecule has 0 bridgehead atoms. The largest absolute Gasteiger partial charge is 0.339 e. The van der Waals surface area contributed by atoms with Gasteiger partial charge >= 0.3 is 0 Å². The van der Waals surface area contributed by atoms with E-state index in [-0.39, 0.29) is 0 Å². The van der Waals surface area contributed by atoms with E-state index in [4.69, 9.17) is 4.52 Å². The molecule has 17 heavy (non-hydrogen) atoms. The van der Waals surface area contributed by atoms with Crippen molar-refractivity contribution in [3.8, 4) is 10.7 Å². The van der Waals surface area contributed by atoms with E-state index < -0.39 is 0 Å². The van der Waals surface area contributed by atoms with Gasteiger partial charge in [0.2, 0.25) is 11.7 Å². The molecule has 0 saturated carbocycles. The molecule has 1 unspecified atom stereocenters. The molecular formula is C11H12BrN3OS. The Balaban J connectivity index is 1.73. The Morgan fingerprint density at radius 3 is 3.18 bits per heavy atom. The van der Waals surface area contributed by atoms with Crippen molar-refractivity contribution < 1.29 is 4.52 Å². The van der Waals surface area contributed by atoms with Crippen molar-refractivity contribution in [3.05, 3.63) is 21.8 Å². The van der Waals surface area contributed by atoms with E-state index in [1.54, 1.807) is 11.3 Å². The van der Waals surface area contributed by atoms with Crippen LogP contribution >= 0.6 is 27.3 Å². The maximum absolute atomic E-state index is 5.29. The van der Waals surface area contributed by atoms with Crippen molar-refractivity contribution in [2.75, 3.05) is 13.1 Å². The Morgan fingerprint density at radius 2 is 2.47 bits per heavy atom. The number of thiophene rings is 1. The van der Waals surface area contributed by atoms with Crippen LogP contribution in [0.5, 0.6) is 0 Å². The van der Waals surface area contributed by atoms with Gasteiger partial charge in [-0.1, -0.05) is 5.16 Å². The molecule has 2 aromatic rings. The van der Waals surface area contributed by atoms with Crippen molar-refractivity contribution in [3.63, 3.8) is 0 Å². The van der Waals surface area contributed by atoms with Gasteiger partial charge in [0.05, 0.1) is 8.66 Å². The molecule has 6 heteroatoms. The SMILES string of the molecule is Brc1ccc(-c2noc(CC3CCNC3)n2)s1. The Morgan fingerprint density at radius 1 is 1.53 bits per heavy atom. The summed E-state index contributed by atoms with van der Waals surface area (Å²) < 4.78 is 6.37. The highest BCUT2D eigenvalue weighted by Crippen LogP contribution is 2.29. The summed E-state index contributed by atoms with van der Waals surface area (Å²) in [5, 5.41) is 7.37. The number of nitrogens with zero attached hydrogens (tertiary/aromatic N) is 2. The molecule has 3 heterocycles. The highest BCUT2D eigenvalue weighted by Gasteiger charge is 2.19. The van der Waals surface area contributed by atoms with Crippen LogP contribution in [0.15, 0.2) is 20.4 Å². The van der Waals surface area contributed by atoms with Crippen LogP contribution in [0.4, 0.5) is 0 Å². The summed E-state index contributed by atoms with van der Waals surface area (Å²) in [7, 11) is 0. The summed E-state index contributed by atoms with van der Waals surface area (Å²) in [4.78, 5) is 5.48. The molecule has 0 aromatic carbocycles. The number of rotatable bonds is 3. The highest BCUT2D eigenvalue weighted by molar-refractivity contribution is 9.11. The van der Waals surface area contributed by atoms with Crippen LogP contribution in [-0.4, -0.2) is 23.2 Å². The topological polar surface area (TPSA) is 51.0 Å². The predicted molar refractivity (Wildman–Crippen MR) is 70.0 cm³/mol. The third kappa shape index (κ3) is 2.59. The lowest BCUT2D eigenvalue weighted by atomic mass is 10.1. The molecule has 90 valence electrons. The molecule has 1 saturated heterocycles. The minimum atomic E-state index is 0.637. The number of halogens is 1. The molecule has 1 fully saturated rings. The Hall–Kier alpha value is -0.720. The van der Waals surface area contributed by atoms with E-state index >= 15 is 0 Å². The smallest absolute Gasteiger partial charge is 0.227 e. The van der Waals surface area contributed by atoms with Crippen molar-refractivity contribution in [1.82, 2.24) is 15.5 Å². The van der Waals surface area contributed by atoms with Crippen molar-refractivity contribution in [2.45, 2.75) is 12.8 Å². The van der Waals surface area contributed by atoms with Gasteiger partial charge in [-0.2, -0.15) is 4.98 Å². The molecule has 0 aliphatic carbocycles. The molecule has 4 nitrogen and oxygen atoms in total. The van der Waals surface area contributed by atoms with Crippen LogP contribution in [0, 0.1) is 5.92 Å². The van der Waals surface area contributed by atoms with Gasteiger partial charge in [0, 0.05) is 6.42 Å². The zero-order valence-corrected chi connectivity index (χ0v) is 11.6. The van der Waals surface area contributed by atoms with E-state index in [0.29, 0.717) is 11.7 Å². The van der Waals surface area contributed by atoms with Crippen molar-refractivity contribution in [1.29, 1.82) is 0 Å². The molecule has 1 N–H and O–H groups in total. The quantitative estimate of drug-likeness (QED) is 0.946.